The summed E-state index contributed by atoms with van der Waals surface area (Å²) in [6.07, 6.45) is 0.165. The minimum Gasteiger partial charge on any atom is -0.443 e. The average Bonchev–Trinajstić information content (AvgIpc) is 3.05. The van der Waals surface area contributed by atoms with Crippen LogP contribution in [-0.2, 0) is 17.8 Å². The number of hydrogen-bond acceptors (Lipinski definition) is 7. The number of amides is 1. The summed E-state index contributed by atoms with van der Waals surface area (Å²) in [5.41, 5.74) is 4.47. The van der Waals surface area contributed by atoms with Crippen LogP contribution < -0.4 is 26.7 Å². The van der Waals surface area contributed by atoms with Gasteiger partial charge in [0.25, 0.3) is 11.1 Å². The van der Waals surface area contributed by atoms with Gasteiger partial charge in [-0.1, -0.05) is 0 Å². The quantitative estimate of drug-likeness (QED) is 0.612. The number of rotatable bonds is 3. The number of halogens is 2. The fourth-order valence-electron chi connectivity index (χ4n) is 4.30. The predicted molar refractivity (Wildman–Crippen MR) is 116 cm³/mol. The van der Waals surface area contributed by atoms with Crippen LogP contribution in [0.15, 0.2) is 40.1 Å². The Morgan fingerprint density at radius 2 is 1.70 bits per heavy atom. The van der Waals surface area contributed by atoms with E-state index in [1.54, 1.807) is 6.07 Å². The number of pyridine rings is 1. The fraction of sp³-hybridized carbons (Fsp3) is 0.333. The van der Waals surface area contributed by atoms with Crippen molar-refractivity contribution >= 4 is 28.4 Å². The van der Waals surface area contributed by atoms with Crippen LogP contribution in [0.2, 0.25) is 0 Å². The van der Waals surface area contributed by atoms with E-state index in [0.29, 0.717) is 0 Å². The van der Waals surface area contributed by atoms with Crippen molar-refractivity contribution in [2.45, 2.75) is 19.2 Å². The monoisotopic (exact) mass is 458 g/mol. The van der Waals surface area contributed by atoms with Crippen LogP contribution in [0.1, 0.15) is 0 Å². The first-order valence-electron chi connectivity index (χ1n) is 10.4. The molecule has 0 radical (unpaired) electrons. The van der Waals surface area contributed by atoms with Gasteiger partial charge in [-0.05, 0) is 12.1 Å². The van der Waals surface area contributed by atoms with Gasteiger partial charge in [0, 0.05) is 38.0 Å². The summed E-state index contributed by atoms with van der Waals surface area (Å²) < 4.78 is 37.7. The molecule has 3 aromatic rings. The molecule has 1 aromatic carbocycles. The fourth-order valence-corrected chi connectivity index (χ4v) is 4.30. The third-order valence-corrected chi connectivity index (χ3v) is 5.93. The molecule has 0 aliphatic carbocycles. The van der Waals surface area contributed by atoms with Gasteiger partial charge in [-0.3, -0.25) is 19.5 Å². The van der Waals surface area contributed by atoms with E-state index in [4.69, 9.17) is 10.5 Å². The van der Waals surface area contributed by atoms with Crippen molar-refractivity contribution in [3.8, 4) is 0 Å². The summed E-state index contributed by atoms with van der Waals surface area (Å²) in [6, 6.07) is 5.22. The SMILES string of the molecule is NC[C@H]1CN(c2cc(F)c(N3CCn4c(=O)c5cccnc5c(=O)n4CC3)c(F)c2)C(=O)O1. The van der Waals surface area contributed by atoms with E-state index >= 15 is 8.78 Å². The molecule has 12 heteroatoms. The van der Waals surface area contributed by atoms with Gasteiger partial charge in [-0.2, -0.15) is 0 Å². The highest BCUT2D eigenvalue weighted by atomic mass is 19.1. The van der Waals surface area contributed by atoms with Gasteiger partial charge < -0.3 is 15.4 Å². The van der Waals surface area contributed by atoms with Crippen molar-refractivity contribution in [3.05, 3.63) is 62.8 Å². The molecule has 1 saturated heterocycles. The maximum absolute atomic E-state index is 15.1. The molecular weight excluding hydrogens is 438 g/mol. The zero-order valence-corrected chi connectivity index (χ0v) is 17.4. The van der Waals surface area contributed by atoms with E-state index in [0.717, 1.165) is 17.0 Å². The molecule has 4 heterocycles. The number of aromatic nitrogens is 3. The van der Waals surface area contributed by atoms with Crippen molar-refractivity contribution in [1.82, 2.24) is 14.3 Å². The van der Waals surface area contributed by atoms with Gasteiger partial charge in [0.15, 0.2) is 11.6 Å². The smallest absolute Gasteiger partial charge is 0.414 e. The molecule has 0 saturated carbocycles. The molecular formula is C21H20F2N6O4. The number of ether oxygens (including phenoxy) is 1. The second-order valence-electron chi connectivity index (χ2n) is 7.85. The van der Waals surface area contributed by atoms with Crippen LogP contribution in [0.4, 0.5) is 25.0 Å². The van der Waals surface area contributed by atoms with Crippen molar-refractivity contribution < 1.29 is 18.3 Å². The summed E-state index contributed by atoms with van der Waals surface area (Å²) in [6.45, 7) is 0.474. The maximum Gasteiger partial charge on any atom is 0.414 e. The second kappa shape index (κ2) is 7.96. The van der Waals surface area contributed by atoms with Crippen LogP contribution in [0.25, 0.3) is 10.9 Å². The number of fused-ring (bicyclic) bond motifs is 2. The van der Waals surface area contributed by atoms with E-state index in [1.165, 1.54) is 26.5 Å². The first-order valence-corrected chi connectivity index (χ1v) is 10.4. The first-order chi connectivity index (χ1) is 15.9. The highest BCUT2D eigenvalue weighted by Gasteiger charge is 2.33. The Balaban J connectivity index is 1.47. The van der Waals surface area contributed by atoms with Gasteiger partial charge >= 0.3 is 6.09 Å². The molecule has 0 spiro atoms. The minimum absolute atomic E-state index is 0.0255. The highest BCUT2D eigenvalue weighted by Crippen LogP contribution is 2.31. The normalized spacial score (nSPS) is 18.4. The average molecular weight is 458 g/mol. The summed E-state index contributed by atoms with van der Waals surface area (Å²) >= 11 is 0. The van der Waals surface area contributed by atoms with Crippen LogP contribution in [0.5, 0.6) is 0 Å². The molecule has 172 valence electrons. The molecule has 1 amide bonds. The Bertz CT molecular complexity index is 1300. The van der Waals surface area contributed by atoms with E-state index < -0.39 is 35.0 Å². The summed E-state index contributed by atoms with van der Waals surface area (Å²) in [4.78, 5) is 44.3. The lowest BCUT2D eigenvalue weighted by Crippen LogP contribution is -2.39. The topological polar surface area (TPSA) is 116 Å². The molecule has 2 N–H and O–H groups in total. The van der Waals surface area contributed by atoms with Crippen LogP contribution >= 0.6 is 0 Å². The van der Waals surface area contributed by atoms with Gasteiger partial charge in [0.05, 0.1) is 30.7 Å². The standard InChI is InChI=1S/C21H20F2N6O4/c22-15-8-12(27-11-13(10-24)33-21(27)32)9-16(23)18(15)26-4-6-28-19(30)14-2-1-3-25-17(14)20(31)29(28)7-5-26/h1-3,8-9,13H,4-7,10-11,24H2/t13-/m0/s1. The van der Waals surface area contributed by atoms with Crippen LogP contribution in [0, 0.1) is 11.6 Å². The molecule has 0 bridgehead atoms. The number of carbonyl (C=O) groups is 1. The molecule has 2 aliphatic heterocycles. The third-order valence-electron chi connectivity index (χ3n) is 5.93. The molecule has 2 aliphatic rings. The predicted octanol–water partition coefficient (Wildman–Crippen LogP) is 0.640. The zero-order chi connectivity index (χ0) is 23.3. The summed E-state index contributed by atoms with van der Waals surface area (Å²) in [7, 11) is 0. The zero-order valence-electron chi connectivity index (χ0n) is 17.4. The van der Waals surface area contributed by atoms with Crippen molar-refractivity contribution in [1.29, 1.82) is 0 Å². The molecule has 1 fully saturated rings. The number of cyclic esters (lactones) is 1. The number of anilines is 2. The minimum atomic E-state index is -0.869. The highest BCUT2D eigenvalue weighted by molar-refractivity contribution is 5.90. The van der Waals surface area contributed by atoms with Gasteiger partial charge in [0.1, 0.15) is 17.3 Å². The second-order valence-corrected chi connectivity index (χ2v) is 7.85. The van der Waals surface area contributed by atoms with E-state index in [-0.39, 0.29) is 61.5 Å². The molecule has 2 aromatic heterocycles. The number of hydrogen-bond donors (Lipinski definition) is 1. The summed E-state index contributed by atoms with van der Waals surface area (Å²) in [5.74, 6) is -1.74. The van der Waals surface area contributed by atoms with E-state index in [1.807, 2.05) is 0 Å². The number of nitrogens with zero attached hydrogens (tertiary/aromatic N) is 5. The lowest BCUT2D eigenvalue weighted by Gasteiger charge is -2.24. The van der Waals surface area contributed by atoms with Crippen molar-refractivity contribution in [2.24, 2.45) is 5.73 Å². The third kappa shape index (κ3) is 3.42. The van der Waals surface area contributed by atoms with Gasteiger partial charge in [0.2, 0.25) is 0 Å². The van der Waals surface area contributed by atoms with Crippen molar-refractivity contribution in [2.75, 3.05) is 36.0 Å². The molecule has 5 rings (SSSR count). The van der Waals surface area contributed by atoms with Gasteiger partial charge in [-0.15, -0.1) is 0 Å². The Hall–Kier alpha value is -3.80. The first kappa shape index (κ1) is 21.1. The Morgan fingerprint density at radius 1 is 1.03 bits per heavy atom. The van der Waals surface area contributed by atoms with Crippen LogP contribution in [0.3, 0.4) is 0 Å². The summed E-state index contributed by atoms with van der Waals surface area (Å²) in [5, 5.41) is 0.196. The van der Waals surface area contributed by atoms with Crippen molar-refractivity contribution in [3.63, 3.8) is 0 Å². The maximum atomic E-state index is 15.1. The Morgan fingerprint density at radius 3 is 2.33 bits per heavy atom. The molecule has 10 nitrogen and oxygen atoms in total. The number of benzene rings is 1. The lowest BCUT2D eigenvalue weighted by atomic mass is 10.2. The molecule has 33 heavy (non-hydrogen) atoms. The van der Waals surface area contributed by atoms with Gasteiger partial charge in [-0.25, -0.2) is 22.9 Å². The molecule has 1 atom stereocenters. The Labute approximate surface area is 185 Å². The molecule has 0 unspecified atom stereocenters. The largest absolute Gasteiger partial charge is 0.443 e. The number of nitrogens with two attached hydrogens (primary N) is 1. The van der Waals surface area contributed by atoms with E-state index in [2.05, 4.69) is 4.98 Å². The Kier molecular flexibility index (Phi) is 5.08. The van der Waals surface area contributed by atoms with Crippen LogP contribution in [-0.4, -0.2) is 52.7 Å². The lowest BCUT2D eigenvalue weighted by molar-refractivity contribution is 0.145. The van der Waals surface area contributed by atoms with E-state index in [9.17, 15) is 14.4 Å². The number of carbonyl (C=O) groups excluding carboxylic acids is 1.